The lowest BCUT2D eigenvalue weighted by atomic mass is 10.1. The Bertz CT molecular complexity index is 1520. The number of methoxy groups -OCH3 is 1. The van der Waals surface area contributed by atoms with E-state index in [-0.39, 0.29) is 31.7 Å². The smallest absolute Gasteiger partial charge is 0.264 e. The minimum Gasteiger partial charge on any atom is -0.497 e. The molecule has 2 aliphatic rings. The summed E-state index contributed by atoms with van der Waals surface area (Å²) in [6.45, 7) is 2.76. The molecule has 0 unspecified atom stereocenters. The van der Waals surface area contributed by atoms with Crippen LogP contribution >= 0.6 is 11.3 Å². The predicted octanol–water partition coefficient (Wildman–Crippen LogP) is 3.93. The Morgan fingerprint density at radius 1 is 0.951 bits per heavy atom. The SMILES string of the molecule is COc1cccc(-c2ccc(N3CCN(C(=O)CN(Cc4ccc5c(c4)OCO5)C(=O)c4cccs4)CC3)nn2)c1. The third kappa shape index (κ3) is 5.94. The summed E-state index contributed by atoms with van der Waals surface area (Å²) in [5, 5.41) is 10.7. The van der Waals surface area contributed by atoms with E-state index in [0.29, 0.717) is 42.6 Å². The molecule has 0 aliphatic carbocycles. The van der Waals surface area contributed by atoms with Gasteiger partial charge in [-0.3, -0.25) is 9.59 Å². The molecule has 4 heterocycles. The summed E-state index contributed by atoms with van der Waals surface area (Å²) < 4.78 is 16.2. The molecule has 0 saturated carbocycles. The number of carbonyl (C=O) groups is 2. The molecule has 0 spiro atoms. The van der Waals surface area contributed by atoms with Gasteiger partial charge in [0.15, 0.2) is 17.3 Å². The number of nitrogens with zero attached hydrogens (tertiary/aromatic N) is 5. The molecule has 1 fully saturated rings. The summed E-state index contributed by atoms with van der Waals surface area (Å²) >= 11 is 1.37. The van der Waals surface area contributed by atoms with Crippen LogP contribution in [0.15, 0.2) is 72.1 Å². The van der Waals surface area contributed by atoms with Gasteiger partial charge in [0.2, 0.25) is 12.7 Å². The monoisotopic (exact) mass is 571 g/mol. The summed E-state index contributed by atoms with van der Waals surface area (Å²) in [5.74, 6) is 2.60. The van der Waals surface area contributed by atoms with Crippen molar-refractivity contribution in [2.45, 2.75) is 6.54 Å². The van der Waals surface area contributed by atoms with Gasteiger partial charge < -0.3 is 28.9 Å². The van der Waals surface area contributed by atoms with Crippen molar-refractivity contribution in [3.63, 3.8) is 0 Å². The average molecular weight is 572 g/mol. The molecule has 41 heavy (non-hydrogen) atoms. The summed E-state index contributed by atoms with van der Waals surface area (Å²) in [6, 6.07) is 20.8. The maximum absolute atomic E-state index is 13.4. The van der Waals surface area contributed by atoms with E-state index < -0.39 is 0 Å². The highest BCUT2D eigenvalue weighted by Gasteiger charge is 2.27. The predicted molar refractivity (Wildman–Crippen MR) is 154 cm³/mol. The quantitative estimate of drug-likeness (QED) is 0.314. The molecule has 4 aromatic rings. The number of anilines is 1. The first-order valence-electron chi connectivity index (χ1n) is 13.3. The highest BCUT2D eigenvalue weighted by Crippen LogP contribution is 2.33. The van der Waals surface area contributed by atoms with Crippen LogP contribution in [-0.2, 0) is 11.3 Å². The number of piperazine rings is 1. The number of hydrogen-bond donors (Lipinski definition) is 0. The Labute approximate surface area is 241 Å². The lowest BCUT2D eigenvalue weighted by molar-refractivity contribution is -0.132. The molecule has 10 nitrogen and oxygen atoms in total. The Morgan fingerprint density at radius 2 is 1.80 bits per heavy atom. The Kier molecular flexibility index (Phi) is 7.68. The summed E-state index contributed by atoms with van der Waals surface area (Å²) in [5.41, 5.74) is 2.56. The second-order valence-corrected chi connectivity index (χ2v) is 10.7. The van der Waals surface area contributed by atoms with Gasteiger partial charge in [0.25, 0.3) is 5.91 Å². The van der Waals surface area contributed by atoms with Crippen molar-refractivity contribution in [3.05, 3.63) is 82.6 Å². The molecule has 2 aliphatic heterocycles. The molecule has 210 valence electrons. The summed E-state index contributed by atoms with van der Waals surface area (Å²) in [7, 11) is 1.64. The molecular weight excluding hydrogens is 542 g/mol. The number of rotatable bonds is 8. The Morgan fingerprint density at radius 3 is 2.56 bits per heavy atom. The van der Waals surface area contributed by atoms with Gasteiger partial charge in [-0.1, -0.05) is 24.3 Å². The fourth-order valence-electron chi connectivity index (χ4n) is 4.89. The van der Waals surface area contributed by atoms with E-state index in [1.54, 1.807) is 18.1 Å². The van der Waals surface area contributed by atoms with Crippen LogP contribution in [0.3, 0.4) is 0 Å². The molecule has 11 heteroatoms. The first kappa shape index (κ1) is 26.6. The van der Waals surface area contributed by atoms with Crippen LogP contribution in [0.25, 0.3) is 11.3 Å². The lowest BCUT2D eigenvalue weighted by Crippen LogP contribution is -2.52. The molecule has 6 rings (SSSR count). The topological polar surface area (TPSA) is 97.3 Å². The van der Waals surface area contributed by atoms with Gasteiger partial charge in [0.05, 0.1) is 17.7 Å². The van der Waals surface area contributed by atoms with Crippen LogP contribution in [-0.4, -0.2) is 78.4 Å². The van der Waals surface area contributed by atoms with Crippen LogP contribution in [0.4, 0.5) is 5.82 Å². The van der Waals surface area contributed by atoms with Crippen LogP contribution in [0.1, 0.15) is 15.2 Å². The van der Waals surface area contributed by atoms with E-state index >= 15 is 0 Å². The third-order valence-corrected chi connectivity index (χ3v) is 7.99. The Hall–Kier alpha value is -4.64. The highest BCUT2D eigenvalue weighted by molar-refractivity contribution is 7.12. The van der Waals surface area contributed by atoms with Crippen molar-refractivity contribution in [1.82, 2.24) is 20.0 Å². The van der Waals surface area contributed by atoms with Gasteiger partial charge in [0, 0.05) is 38.3 Å². The molecule has 0 radical (unpaired) electrons. The van der Waals surface area contributed by atoms with Gasteiger partial charge in [0.1, 0.15) is 12.3 Å². The molecular formula is C30H29N5O5S. The van der Waals surface area contributed by atoms with E-state index in [0.717, 1.165) is 28.4 Å². The zero-order chi connectivity index (χ0) is 28.2. The number of fused-ring (bicyclic) bond motifs is 1. The fraction of sp³-hybridized carbons (Fsp3) is 0.267. The normalized spacial score (nSPS) is 14.2. The average Bonchev–Trinajstić information content (AvgIpc) is 3.73. The van der Waals surface area contributed by atoms with Crippen molar-refractivity contribution in [2.75, 3.05) is 51.5 Å². The molecule has 0 N–H and O–H groups in total. The third-order valence-electron chi connectivity index (χ3n) is 7.13. The second-order valence-electron chi connectivity index (χ2n) is 9.70. The lowest BCUT2D eigenvalue weighted by Gasteiger charge is -2.36. The number of hydrogen-bond acceptors (Lipinski definition) is 9. The molecule has 2 amide bonds. The van der Waals surface area contributed by atoms with Crippen LogP contribution < -0.4 is 19.1 Å². The zero-order valence-electron chi connectivity index (χ0n) is 22.6. The molecule has 2 aromatic heterocycles. The highest BCUT2D eigenvalue weighted by atomic mass is 32.1. The maximum Gasteiger partial charge on any atom is 0.264 e. The van der Waals surface area contributed by atoms with E-state index in [9.17, 15) is 9.59 Å². The van der Waals surface area contributed by atoms with Gasteiger partial charge in [-0.15, -0.1) is 21.5 Å². The van der Waals surface area contributed by atoms with E-state index in [1.165, 1.54) is 11.3 Å². The van der Waals surface area contributed by atoms with Crippen molar-refractivity contribution in [3.8, 4) is 28.5 Å². The number of amides is 2. The standard InChI is InChI=1S/C30H29N5O5S/c1-38-23-5-2-4-22(17-23)24-8-10-28(32-31-24)33-11-13-34(14-12-33)29(36)19-35(30(37)27-6-3-15-41-27)18-21-7-9-25-26(16-21)40-20-39-25/h2-10,15-17H,11-14,18-20H2,1H3. The van der Waals surface area contributed by atoms with Gasteiger partial charge in [-0.05, 0) is 53.4 Å². The van der Waals surface area contributed by atoms with E-state index in [1.807, 2.05) is 70.9 Å². The molecule has 1 saturated heterocycles. The van der Waals surface area contributed by atoms with Crippen molar-refractivity contribution < 1.29 is 23.8 Å². The number of benzene rings is 2. The van der Waals surface area contributed by atoms with E-state index in [2.05, 4.69) is 15.1 Å². The van der Waals surface area contributed by atoms with Crippen molar-refractivity contribution in [2.24, 2.45) is 0 Å². The van der Waals surface area contributed by atoms with Gasteiger partial charge in [-0.25, -0.2) is 0 Å². The van der Waals surface area contributed by atoms with Crippen molar-refractivity contribution in [1.29, 1.82) is 0 Å². The number of ether oxygens (including phenoxy) is 3. The Balaban J connectivity index is 1.09. The zero-order valence-corrected chi connectivity index (χ0v) is 23.4. The minimum atomic E-state index is -0.170. The van der Waals surface area contributed by atoms with Crippen LogP contribution in [0, 0.1) is 0 Å². The van der Waals surface area contributed by atoms with Gasteiger partial charge in [-0.2, -0.15) is 0 Å². The molecule has 0 bridgehead atoms. The van der Waals surface area contributed by atoms with E-state index in [4.69, 9.17) is 14.2 Å². The first-order chi connectivity index (χ1) is 20.1. The van der Waals surface area contributed by atoms with Crippen LogP contribution in [0.2, 0.25) is 0 Å². The summed E-state index contributed by atoms with van der Waals surface area (Å²) in [6.07, 6.45) is 0. The van der Waals surface area contributed by atoms with Gasteiger partial charge >= 0.3 is 0 Å². The first-order valence-corrected chi connectivity index (χ1v) is 14.2. The fourth-order valence-corrected chi connectivity index (χ4v) is 5.58. The maximum atomic E-state index is 13.4. The number of aromatic nitrogens is 2. The van der Waals surface area contributed by atoms with Crippen LogP contribution in [0.5, 0.6) is 17.2 Å². The second kappa shape index (κ2) is 11.8. The summed E-state index contributed by atoms with van der Waals surface area (Å²) in [4.78, 5) is 32.9. The number of carbonyl (C=O) groups excluding carboxylic acids is 2. The minimum absolute atomic E-state index is 0.0137. The van der Waals surface area contributed by atoms with Crippen molar-refractivity contribution >= 4 is 29.0 Å². The largest absolute Gasteiger partial charge is 0.497 e. The molecule has 2 aromatic carbocycles. The number of thiophene rings is 1. The molecule has 0 atom stereocenters.